The van der Waals surface area contributed by atoms with Gasteiger partial charge in [-0.3, -0.25) is 4.79 Å². The average molecular weight is 528 g/mol. The van der Waals surface area contributed by atoms with E-state index in [0.29, 0.717) is 41.0 Å². The smallest absolute Gasteiger partial charge is 0.319 e. The van der Waals surface area contributed by atoms with E-state index < -0.39 is 0 Å². The largest absolute Gasteiger partial charge is 0.350 e. The van der Waals surface area contributed by atoms with Gasteiger partial charge in [0.05, 0.1) is 6.20 Å². The topological polar surface area (TPSA) is 120 Å². The molecule has 0 saturated carbocycles. The van der Waals surface area contributed by atoms with E-state index in [1.165, 1.54) is 0 Å². The van der Waals surface area contributed by atoms with Crippen molar-refractivity contribution in [3.05, 3.63) is 101 Å². The van der Waals surface area contributed by atoms with E-state index in [-0.39, 0.29) is 18.5 Å². The van der Waals surface area contributed by atoms with E-state index in [4.69, 9.17) is 11.6 Å². The number of amides is 3. The van der Waals surface area contributed by atoms with E-state index >= 15 is 0 Å². The fourth-order valence-corrected chi connectivity index (χ4v) is 4.21. The summed E-state index contributed by atoms with van der Waals surface area (Å²) in [5, 5.41) is 15.4. The summed E-state index contributed by atoms with van der Waals surface area (Å²) in [5.74, 6) is 0.724. The van der Waals surface area contributed by atoms with E-state index in [1.807, 2.05) is 36.4 Å². The number of hydrogen-bond acceptors (Lipinski definition) is 6. The number of hydrogen-bond donors (Lipinski definition) is 5. The standard InChI is InChI=1S/C28H26ClN7O2/c29-23-17-32-27-34-21-8-4-5-18(15-21)9-10-20-16-22(33-25(23)36-27)11-12-24(20)35-28(38)31-14-13-30-26(37)19-6-2-1-3-7-19/h1-8,11-12,15-17H,9-10,13-14H2,(H,30,37)(H2,31,35,38)(H2,32,33,34,36). The van der Waals surface area contributed by atoms with Gasteiger partial charge in [0.25, 0.3) is 5.91 Å². The summed E-state index contributed by atoms with van der Waals surface area (Å²) >= 11 is 6.34. The lowest BCUT2D eigenvalue weighted by molar-refractivity contribution is 0.0954. The second-order valence-electron chi connectivity index (χ2n) is 8.72. The van der Waals surface area contributed by atoms with Crippen molar-refractivity contribution in [3.8, 4) is 0 Å². The molecule has 0 saturated heterocycles. The van der Waals surface area contributed by atoms with Crippen LogP contribution in [0.3, 0.4) is 0 Å². The molecule has 0 spiro atoms. The van der Waals surface area contributed by atoms with Gasteiger partial charge in [0.15, 0.2) is 5.82 Å². The van der Waals surface area contributed by atoms with E-state index in [1.54, 1.807) is 30.5 Å². The Hall–Kier alpha value is -4.63. The molecule has 0 unspecified atom stereocenters. The number of nitrogens with zero attached hydrogens (tertiary/aromatic N) is 2. The van der Waals surface area contributed by atoms with Crippen molar-refractivity contribution in [3.63, 3.8) is 0 Å². The molecular weight excluding hydrogens is 502 g/mol. The number of aromatic nitrogens is 2. The highest BCUT2D eigenvalue weighted by atomic mass is 35.5. The van der Waals surface area contributed by atoms with Gasteiger partial charge in [-0.05, 0) is 66.4 Å². The second-order valence-corrected chi connectivity index (χ2v) is 9.12. The molecule has 38 heavy (non-hydrogen) atoms. The molecule has 1 aliphatic heterocycles. The summed E-state index contributed by atoms with van der Waals surface area (Å²) in [6.45, 7) is 0.594. The van der Waals surface area contributed by atoms with Crippen molar-refractivity contribution in [2.45, 2.75) is 12.8 Å². The zero-order valence-corrected chi connectivity index (χ0v) is 21.2. The van der Waals surface area contributed by atoms with Gasteiger partial charge >= 0.3 is 6.03 Å². The van der Waals surface area contributed by atoms with Crippen LogP contribution in [0.15, 0.2) is 79.0 Å². The van der Waals surface area contributed by atoms with Crippen LogP contribution in [0.4, 0.5) is 33.6 Å². The average Bonchev–Trinajstić information content (AvgIpc) is 2.93. The molecular formula is C28H26ClN7O2. The minimum atomic E-state index is -0.353. The van der Waals surface area contributed by atoms with Crippen LogP contribution in [0, 0.1) is 0 Å². The number of nitrogens with one attached hydrogen (secondary N) is 5. The van der Waals surface area contributed by atoms with Crippen LogP contribution in [0.1, 0.15) is 21.5 Å². The number of rotatable bonds is 5. The lowest BCUT2D eigenvalue weighted by Crippen LogP contribution is -2.37. The molecule has 2 heterocycles. The van der Waals surface area contributed by atoms with E-state index in [2.05, 4.69) is 48.7 Å². The lowest BCUT2D eigenvalue weighted by Gasteiger charge is -2.15. The second kappa shape index (κ2) is 11.6. The number of halogens is 1. The Balaban J connectivity index is 1.27. The van der Waals surface area contributed by atoms with Crippen LogP contribution >= 0.6 is 11.6 Å². The summed E-state index contributed by atoms with van der Waals surface area (Å²) in [5.41, 5.74) is 5.01. The fourth-order valence-electron chi connectivity index (χ4n) is 4.07. The normalized spacial score (nSPS) is 11.9. The molecule has 3 aromatic carbocycles. The van der Waals surface area contributed by atoms with Crippen molar-refractivity contribution in [2.75, 3.05) is 29.0 Å². The first kappa shape index (κ1) is 25.0. The number of benzene rings is 3. The van der Waals surface area contributed by atoms with E-state index in [9.17, 15) is 9.59 Å². The summed E-state index contributed by atoms with van der Waals surface area (Å²) in [6, 6.07) is 22.3. The van der Waals surface area contributed by atoms with Gasteiger partial charge in [0, 0.05) is 35.7 Å². The highest BCUT2D eigenvalue weighted by molar-refractivity contribution is 6.32. The molecule has 10 heteroatoms. The third kappa shape index (κ3) is 6.37. The maximum absolute atomic E-state index is 12.6. The van der Waals surface area contributed by atoms with Crippen molar-refractivity contribution < 1.29 is 9.59 Å². The Morgan fingerprint density at radius 2 is 1.68 bits per heavy atom. The van der Waals surface area contributed by atoms with Gasteiger partial charge in [-0.2, -0.15) is 4.98 Å². The molecule has 0 atom stereocenters. The Morgan fingerprint density at radius 1 is 0.868 bits per heavy atom. The molecule has 192 valence electrons. The van der Waals surface area contributed by atoms with Gasteiger partial charge in [-0.25, -0.2) is 9.78 Å². The van der Waals surface area contributed by atoms with Crippen LogP contribution in [-0.2, 0) is 12.8 Å². The molecule has 6 bridgehead atoms. The zero-order chi connectivity index (χ0) is 26.3. The molecule has 5 N–H and O–H groups in total. The number of fused-ring (bicyclic) bond motifs is 6. The molecule has 9 nitrogen and oxygen atoms in total. The van der Waals surface area contributed by atoms with Crippen molar-refractivity contribution in [1.82, 2.24) is 20.6 Å². The predicted molar refractivity (Wildman–Crippen MR) is 150 cm³/mol. The Bertz CT molecular complexity index is 1460. The van der Waals surface area contributed by atoms with Crippen LogP contribution in [0.5, 0.6) is 0 Å². The molecule has 5 rings (SSSR count). The monoisotopic (exact) mass is 527 g/mol. The Labute approximate surface area is 225 Å². The van der Waals surface area contributed by atoms with Gasteiger partial charge in [0.1, 0.15) is 5.02 Å². The van der Waals surface area contributed by atoms with Crippen molar-refractivity contribution in [1.29, 1.82) is 0 Å². The summed E-state index contributed by atoms with van der Waals surface area (Å²) in [4.78, 5) is 33.6. The quantitative estimate of drug-likeness (QED) is 0.226. The van der Waals surface area contributed by atoms with Crippen molar-refractivity contribution in [2.24, 2.45) is 0 Å². The maximum Gasteiger partial charge on any atom is 0.319 e. The first-order chi connectivity index (χ1) is 18.5. The number of carbonyl (C=O) groups excluding carboxylic acids is 2. The zero-order valence-electron chi connectivity index (χ0n) is 20.4. The number of aryl methyl sites for hydroxylation is 2. The molecule has 1 aliphatic rings. The Morgan fingerprint density at radius 3 is 2.55 bits per heavy atom. The molecule has 0 aliphatic carbocycles. The Kier molecular flexibility index (Phi) is 7.65. The third-order valence-electron chi connectivity index (χ3n) is 5.96. The summed E-state index contributed by atoms with van der Waals surface area (Å²) in [7, 11) is 0. The fraction of sp³-hybridized carbons (Fsp3) is 0.143. The van der Waals surface area contributed by atoms with Gasteiger partial charge in [-0.15, -0.1) is 0 Å². The first-order valence-corrected chi connectivity index (χ1v) is 12.6. The molecule has 0 radical (unpaired) electrons. The van der Waals surface area contributed by atoms with Gasteiger partial charge in [0.2, 0.25) is 5.95 Å². The minimum Gasteiger partial charge on any atom is -0.350 e. The molecule has 1 aromatic heterocycles. The maximum atomic E-state index is 12.6. The van der Waals surface area contributed by atoms with Gasteiger partial charge < -0.3 is 26.6 Å². The highest BCUT2D eigenvalue weighted by Gasteiger charge is 2.13. The summed E-state index contributed by atoms with van der Waals surface area (Å²) < 4.78 is 0. The van der Waals surface area contributed by atoms with E-state index in [0.717, 1.165) is 28.9 Å². The van der Waals surface area contributed by atoms with Gasteiger partial charge in [-0.1, -0.05) is 41.9 Å². The SMILES string of the molecule is O=C(NCCNC(=O)c1ccccc1)Nc1ccc2cc1CCc1cccc(c1)Nc1ncc(Cl)c(n1)N2. The summed E-state index contributed by atoms with van der Waals surface area (Å²) in [6.07, 6.45) is 3.00. The molecule has 3 amide bonds. The minimum absolute atomic E-state index is 0.183. The first-order valence-electron chi connectivity index (χ1n) is 12.2. The third-order valence-corrected chi connectivity index (χ3v) is 6.24. The predicted octanol–water partition coefficient (Wildman–Crippen LogP) is 5.27. The highest BCUT2D eigenvalue weighted by Crippen LogP contribution is 2.29. The molecule has 0 fully saturated rings. The van der Waals surface area contributed by atoms with Crippen LogP contribution in [0.25, 0.3) is 0 Å². The van der Waals surface area contributed by atoms with Crippen LogP contribution < -0.4 is 26.6 Å². The lowest BCUT2D eigenvalue weighted by atomic mass is 10.0. The number of carbonyl (C=O) groups is 2. The van der Waals surface area contributed by atoms with Crippen LogP contribution in [0.2, 0.25) is 5.02 Å². The van der Waals surface area contributed by atoms with Crippen molar-refractivity contribution >= 4 is 52.4 Å². The number of urea groups is 1. The number of anilines is 5. The van der Waals surface area contributed by atoms with Crippen LogP contribution in [-0.4, -0.2) is 35.0 Å². The molecule has 4 aromatic rings.